The number of rotatable bonds is 6. The van der Waals surface area contributed by atoms with E-state index in [1.54, 1.807) is 0 Å². The minimum atomic E-state index is 0.593. The zero-order valence-electron chi connectivity index (χ0n) is 7.73. The van der Waals surface area contributed by atoms with Gasteiger partial charge in [-0.1, -0.05) is 0 Å². The molecule has 0 amide bonds. The van der Waals surface area contributed by atoms with E-state index in [1.807, 2.05) is 0 Å². The van der Waals surface area contributed by atoms with Gasteiger partial charge in [0, 0.05) is 0 Å². The Morgan fingerprint density at radius 3 is 2.58 bits per heavy atom. The molecule has 0 aliphatic carbocycles. The van der Waals surface area contributed by atoms with Gasteiger partial charge in [0.05, 0.1) is 0 Å². The molecule has 0 spiro atoms. The van der Waals surface area contributed by atoms with Crippen LogP contribution in [0.3, 0.4) is 0 Å². The summed E-state index contributed by atoms with van der Waals surface area (Å²) in [7, 11) is 0. The summed E-state index contributed by atoms with van der Waals surface area (Å²) in [5, 5.41) is 0. The first-order valence-electron chi connectivity index (χ1n) is 4.23. The normalized spacial score (nSPS) is 11.0. The van der Waals surface area contributed by atoms with Gasteiger partial charge < -0.3 is 0 Å². The first-order valence-corrected chi connectivity index (χ1v) is 6.43. The third-order valence-electron chi connectivity index (χ3n) is 1.65. The van der Waals surface area contributed by atoms with Crippen molar-refractivity contribution in [3.63, 3.8) is 0 Å². The molecule has 0 radical (unpaired) electrons. The maximum absolute atomic E-state index is 5.16. The summed E-state index contributed by atoms with van der Waals surface area (Å²) in [6.07, 6.45) is 8.38. The molecular weight excluding hydrogens is 209 g/mol. The first kappa shape index (κ1) is 12.3. The van der Waals surface area contributed by atoms with Gasteiger partial charge in [0.15, 0.2) is 0 Å². The van der Waals surface area contributed by atoms with Gasteiger partial charge in [-0.3, -0.25) is 0 Å². The Morgan fingerprint density at radius 2 is 2.17 bits per heavy atom. The second-order valence-corrected chi connectivity index (χ2v) is 4.31. The molecule has 0 aliphatic heterocycles. The van der Waals surface area contributed by atoms with Gasteiger partial charge in [0.25, 0.3) is 0 Å². The Balaban J connectivity index is 3.46. The van der Waals surface area contributed by atoms with Crippen LogP contribution in [0.25, 0.3) is 0 Å². The van der Waals surface area contributed by atoms with Gasteiger partial charge in [-0.2, -0.15) is 0 Å². The van der Waals surface area contributed by atoms with Crippen LogP contribution in [0, 0.1) is 12.3 Å². The number of terminal acetylenes is 1. The van der Waals surface area contributed by atoms with Crippen molar-refractivity contribution in [2.75, 3.05) is 6.54 Å². The fraction of sp³-hybridized carbons (Fsp3) is 0.778. The second kappa shape index (κ2) is 7.96. The van der Waals surface area contributed by atoms with E-state index in [4.69, 9.17) is 6.42 Å². The molecule has 0 aliphatic rings. The van der Waals surface area contributed by atoms with Crippen molar-refractivity contribution in [1.29, 1.82) is 0 Å². The summed E-state index contributed by atoms with van der Waals surface area (Å²) in [6.45, 7) is 6.62. The van der Waals surface area contributed by atoms with Crippen LogP contribution in [0.2, 0.25) is 0 Å². The Labute approximate surface area is 85.0 Å². The fourth-order valence-corrected chi connectivity index (χ4v) is 2.35. The molecule has 12 heavy (non-hydrogen) atoms. The van der Waals surface area contributed by atoms with Crippen LogP contribution in [-0.2, 0) is 15.1 Å². The molecule has 0 atom stereocenters. The van der Waals surface area contributed by atoms with Crippen molar-refractivity contribution in [2.45, 2.75) is 39.2 Å². The van der Waals surface area contributed by atoms with E-state index in [0.717, 1.165) is 26.4 Å². The molecule has 0 aromatic carbocycles. The van der Waals surface area contributed by atoms with Crippen molar-refractivity contribution < 1.29 is 15.1 Å². The topological polar surface area (TPSA) is 3.24 Å². The third-order valence-corrected chi connectivity index (χ3v) is 3.34. The van der Waals surface area contributed by atoms with Crippen LogP contribution in [0.4, 0.5) is 0 Å². The van der Waals surface area contributed by atoms with E-state index in [9.17, 15) is 0 Å². The molecule has 0 bridgehead atoms. The molecule has 0 N–H and O–H groups in total. The van der Waals surface area contributed by atoms with E-state index < -0.39 is 0 Å². The molecular formula is C9H16FeNP. The molecule has 0 rings (SSSR count). The van der Waals surface area contributed by atoms with Crippen LogP contribution in [0.15, 0.2) is 0 Å². The van der Waals surface area contributed by atoms with E-state index in [0.29, 0.717) is 6.04 Å². The average molecular weight is 225 g/mol. The molecule has 1 nitrogen and oxygen atoms in total. The van der Waals surface area contributed by atoms with Crippen LogP contribution >= 0.6 is 6.98 Å². The second-order valence-electron chi connectivity index (χ2n) is 2.99. The quantitative estimate of drug-likeness (QED) is 0.291. The number of hydrogen-bond donors (Lipinski definition) is 0. The number of unbranched alkanes of at least 4 members (excludes halogenated alkanes) is 2. The third kappa shape index (κ3) is 5.92. The van der Waals surface area contributed by atoms with Crippen LogP contribution < -0.4 is 0 Å². The predicted octanol–water partition coefficient (Wildman–Crippen LogP) is 2.82. The van der Waals surface area contributed by atoms with Gasteiger partial charge in [0.1, 0.15) is 0 Å². The summed E-state index contributed by atoms with van der Waals surface area (Å²) in [6, 6.07) is 0.593. The Hall–Kier alpha value is 0.339. The SMILES string of the molecule is C#CCCCCN([P]=[Fe])C(C)C. The van der Waals surface area contributed by atoms with Gasteiger partial charge in [-0.15, -0.1) is 0 Å². The Morgan fingerprint density at radius 1 is 1.50 bits per heavy atom. The van der Waals surface area contributed by atoms with Gasteiger partial charge in [-0.25, -0.2) is 0 Å². The molecule has 0 heterocycles. The summed E-state index contributed by atoms with van der Waals surface area (Å²) in [5.74, 6) is 2.65. The molecule has 0 saturated carbocycles. The monoisotopic (exact) mass is 225 g/mol. The minimum absolute atomic E-state index is 0.593. The molecule has 70 valence electrons. The van der Waals surface area contributed by atoms with E-state index in [1.165, 1.54) is 6.42 Å². The molecule has 0 unspecified atom stereocenters. The van der Waals surface area contributed by atoms with Gasteiger partial charge >= 0.3 is 84.8 Å². The zero-order valence-corrected chi connectivity index (χ0v) is 9.73. The summed E-state index contributed by atoms with van der Waals surface area (Å²) < 4.78 is 2.33. The maximum atomic E-state index is 5.16. The fourth-order valence-electron chi connectivity index (χ4n) is 0.876. The van der Waals surface area contributed by atoms with E-state index in [-0.39, 0.29) is 0 Å². The predicted molar refractivity (Wildman–Crippen MR) is 51.4 cm³/mol. The Bertz CT molecular complexity index is 162. The molecule has 3 heteroatoms. The zero-order chi connectivity index (χ0) is 9.40. The summed E-state index contributed by atoms with van der Waals surface area (Å²) >= 11 is 3.86. The van der Waals surface area contributed by atoms with Gasteiger partial charge in [-0.05, 0) is 0 Å². The average Bonchev–Trinajstić information content (AvgIpc) is 2.04. The molecule has 0 aromatic rings. The van der Waals surface area contributed by atoms with Gasteiger partial charge in [0.2, 0.25) is 0 Å². The van der Waals surface area contributed by atoms with Crippen molar-refractivity contribution in [2.24, 2.45) is 0 Å². The standard InChI is InChI=1S/C9H16NP.Fe/c1-4-5-6-7-8-10(11)9(2)3;/h1,9H,5-8H2,2-3H3;. The van der Waals surface area contributed by atoms with E-state index >= 15 is 0 Å². The van der Waals surface area contributed by atoms with Crippen molar-refractivity contribution >= 4 is 6.98 Å². The van der Waals surface area contributed by atoms with Crippen molar-refractivity contribution in [3.05, 3.63) is 0 Å². The van der Waals surface area contributed by atoms with Crippen molar-refractivity contribution in [1.82, 2.24) is 4.67 Å². The van der Waals surface area contributed by atoms with Crippen LogP contribution in [0.1, 0.15) is 33.1 Å². The van der Waals surface area contributed by atoms with E-state index in [2.05, 4.69) is 39.5 Å². The number of nitrogens with zero attached hydrogens (tertiary/aromatic N) is 1. The van der Waals surface area contributed by atoms with Crippen LogP contribution in [0.5, 0.6) is 0 Å². The molecule has 0 aromatic heterocycles. The van der Waals surface area contributed by atoms with Crippen LogP contribution in [-0.4, -0.2) is 17.3 Å². The molecule has 0 saturated heterocycles. The number of hydrogen-bond acceptors (Lipinski definition) is 1. The summed E-state index contributed by atoms with van der Waals surface area (Å²) in [5.41, 5.74) is 0. The van der Waals surface area contributed by atoms with Crippen molar-refractivity contribution in [3.8, 4) is 12.3 Å². The molecule has 0 fully saturated rings. The first-order chi connectivity index (χ1) is 5.72. The summed E-state index contributed by atoms with van der Waals surface area (Å²) in [4.78, 5) is 0. The Kier molecular flexibility index (Phi) is 8.19.